The van der Waals surface area contributed by atoms with E-state index in [-0.39, 0.29) is 0 Å². The molecule has 2 rings (SSSR count). The molecule has 0 aliphatic heterocycles. The van der Waals surface area contributed by atoms with Gasteiger partial charge in [-0.3, -0.25) is 0 Å². The minimum Gasteiger partial charge on any atom is -0.221 e. The number of aryl methyl sites for hydroxylation is 1. The molecule has 2 heterocycles. The van der Waals surface area contributed by atoms with Crippen molar-refractivity contribution in [2.45, 2.75) is 26.2 Å². The Balaban J connectivity index is 2.26. The Bertz CT molecular complexity index is 393. The van der Waals surface area contributed by atoms with Gasteiger partial charge in [-0.25, -0.2) is 14.5 Å². The summed E-state index contributed by atoms with van der Waals surface area (Å²) in [6.45, 7) is 2.16. The molecule has 0 bridgehead atoms. The highest BCUT2D eigenvalue weighted by Gasteiger charge is 1.98. The van der Waals surface area contributed by atoms with E-state index >= 15 is 0 Å². The van der Waals surface area contributed by atoms with Gasteiger partial charge in [0.05, 0.1) is 6.20 Å². The molecule has 2 aromatic heterocycles. The Labute approximate surface area is 76.6 Å². The summed E-state index contributed by atoms with van der Waals surface area (Å²) in [6, 6.07) is 1.89. The molecular weight excluding hydrogens is 164 g/mol. The third-order valence-electron chi connectivity index (χ3n) is 1.96. The van der Waals surface area contributed by atoms with Crippen molar-refractivity contribution in [2.24, 2.45) is 0 Å². The molecule has 2 aromatic rings. The van der Waals surface area contributed by atoms with Gasteiger partial charge >= 0.3 is 0 Å². The molecular formula is C9H12N4. The standard InChI is InChI=1S/C9H12N4/c1-2-3-4-8-10-7-13-9(12-8)5-6-11-13/h5-7H,2-4H2,1H3. The fraction of sp³-hybridized carbons (Fsp3) is 0.444. The summed E-state index contributed by atoms with van der Waals surface area (Å²) in [7, 11) is 0. The van der Waals surface area contributed by atoms with Gasteiger partial charge in [0.1, 0.15) is 12.2 Å². The lowest BCUT2D eigenvalue weighted by Gasteiger charge is -1.97. The molecule has 0 spiro atoms. The third kappa shape index (κ3) is 1.66. The van der Waals surface area contributed by atoms with Crippen molar-refractivity contribution in [1.82, 2.24) is 19.6 Å². The number of nitrogens with zero attached hydrogens (tertiary/aromatic N) is 4. The van der Waals surface area contributed by atoms with Gasteiger partial charge in [-0.15, -0.1) is 0 Å². The predicted octanol–water partition coefficient (Wildman–Crippen LogP) is 1.47. The minimum atomic E-state index is 0.876. The van der Waals surface area contributed by atoms with Gasteiger partial charge < -0.3 is 0 Å². The van der Waals surface area contributed by atoms with Gasteiger partial charge in [0.2, 0.25) is 0 Å². The molecule has 0 fully saturated rings. The monoisotopic (exact) mass is 176 g/mol. The Morgan fingerprint density at radius 2 is 2.38 bits per heavy atom. The van der Waals surface area contributed by atoms with E-state index in [0.717, 1.165) is 24.3 Å². The van der Waals surface area contributed by atoms with E-state index in [1.165, 1.54) is 6.42 Å². The first-order valence-corrected chi connectivity index (χ1v) is 4.55. The van der Waals surface area contributed by atoms with Crippen molar-refractivity contribution in [3.05, 3.63) is 24.4 Å². The summed E-state index contributed by atoms with van der Waals surface area (Å²) < 4.78 is 1.68. The first kappa shape index (κ1) is 8.16. The van der Waals surface area contributed by atoms with Gasteiger partial charge in [0.25, 0.3) is 0 Å². The second-order valence-electron chi connectivity index (χ2n) is 3.01. The van der Waals surface area contributed by atoms with E-state index in [9.17, 15) is 0 Å². The molecule has 0 radical (unpaired) electrons. The Hall–Kier alpha value is -1.45. The second-order valence-corrected chi connectivity index (χ2v) is 3.01. The van der Waals surface area contributed by atoms with Crippen LogP contribution in [0.15, 0.2) is 18.6 Å². The fourth-order valence-corrected chi connectivity index (χ4v) is 1.22. The van der Waals surface area contributed by atoms with Crippen LogP contribution in [0.25, 0.3) is 5.65 Å². The zero-order valence-corrected chi connectivity index (χ0v) is 7.64. The van der Waals surface area contributed by atoms with Crippen LogP contribution >= 0.6 is 0 Å². The number of unbranched alkanes of at least 4 members (excludes halogenated alkanes) is 1. The average molecular weight is 176 g/mol. The maximum atomic E-state index is 4.36. The van der Waals surface area contributed by atoms with Crippen molar-refractivity contribution < 1.29 is 0 Å². The van der Waals surface area contributed by atoms with E-state index in [1.807, 2.05) is 6.07 Å². The number of aromatic nitrogens is 4. The normalized spacial score (nSPS) is 10.8. The van der Waals surface area contributed by atoms with Crippen LogP contribution < -0.4 is 0 Å². The minimum absolute atomic E-state index is 0.876. The first-order chi connectivity index (χ1) is 6.40. The molecule has 0 amide bonds. The van der Waals surface area contributed by atoms with Gasteiger partial charge in [-0.2, -0.15) is 5.10 Å². The topological polar surface area (TPSA) is 43.1 Å². The lowest BCUT2D eigenvalue weighted by Crippen LogP contribution is -1.99. The van der Waals surface area contributed by atoms with Crippen LogP contribution in [-0.4, -0.2) is 19.6 Å². The molecule has 0 aliphatic rings. The molecule has 0 unspecified atom stereocenters. The largest absolute Gasteiger partial charge is 0.221 e. The van der Waals surface area contributed by atoms with Crippen molar-refractivity contribution in [2.75, 3.05) is 0 Å². The first-order valence-electron chi connectivity index (χ1n) is 4.55. The highest BCUT2D eigenvalue weighted by atomic mass is 15.3. The number of hydrogen-bond donors (Lipinski definition) is 0. The Morgan fingerprint density at radius 3 is 3.23 bits per heavy atom. The number of rotatable bonds is 3. The predicted molar refractivity (Wildman–Crippen MR) is 49.4 cm³/mol. The highest BCUT2D eigenvalue weighted by Crippen LogP contribution is 2.01. The van der Waals surface area contributed by atoms with Gasteiger partial charge in [0.15, 0.2) is 5.65 Å². The maximum Gasteiger partial charge on any atom is 0.158 e. The van der Waals surface area contributed by atoms with Crippen LogP contribution in [-0.2, 0) is 6.42 Å². The molecule has 0 saturated carbocycles. The third-order valence-corrected chi connectivity index (χ3v) is 1.96. The van der Waals surface area contributed by atoms with Gasteiger partial charge in [-0.1, -0.05) is 13.3 Å². The molecule has 0 aromatic carbocycles. The van der Waals surface area contributed by atoms with E-state index in [2.05, 4.69) is 22.0 Å². The summed E-state index contributed by atoms with van der Waals surface area (Å²) in [5.74, 6) is 0.912. The number of fused-ring (bicyclic) bond motifs is 1. The molecule has 0 atom stereocenters. The molecule has 0 N–H and O–H groups in total. The van der Waals surface area contributed by atoms with Crippen molar-refractivity contribution in [3.63, 3.8) is 0 Å². The summed E-state index contributed by atoms with van der Waals surface area (Å²) in [4.78, 5) is 8.57. The molecule has 4 heteroatoms. The zero-order valence-electron chi connectivity index (χ0n) is 7.64. The van der Waals surface area contributed by atoms with Crippen LogP contribution in [0.1, 0.15) is 25.6 Å². The van der Waals surface area contributed by atoms with E-state index in [1.54, 1.807) is 17.0 Å². The summed E-state index contributed by atoms with van der Waals surface area (Å²) in [5.41, 5.74) is 0.876. The van der Waals surface area contributed by atoms with Crippen molar-refractivity contribution in [1.29, 1.82) is 0 Å². The molecule has 13 heavy (non-hydrogen) atoms. The number of hydrogen-bond acceptors (Lipinski definition) is 3. The quantitative estimate of drug-likeness (QED) is 0.711. The summed E-state index contributed by atoms with van der Waals surface area (Å²) in [6.07, 6.45) is 6.72. The molecule has 0 aliphatic carbocycles. The van der Waals surface area contributed by atoms with Crippen molar-refractivity contribution in [3.8, 4) is 0 Å². The van der Waals surface area contributed by atoms with Crippen LogP contribution in [0, 0.1) is 0 Å². The molecule has 0 saturated heterocycles. The average Bonchev–Trinajstić information content (AvgIpc) is 2.61. The zero-order chi connectivity index (χ0) is 9.10. The SMILES string of the molecule is CCCCc1ncn2nccc2n1. The molecule has 4 nitrogen and oxygen atoms in total. The second kappa shape index (κ2) is 3.51. The Morgan fingerprint density at radius 1 is 1.46 bits per heavy atom. The lowest BCUT2D eigenvalue weighted by atomic mass is 10.2. The summed E-state index contributed by atoms with van der Waals surface area (Å²) >= 11 is 0. The van der Waals surface area contributed by atoms with Crippen molar-refractivity contribution >= 4 is 5.65 Å². The highest BCUT2D eigenvalue weighted by molar-refractivity contribution is 5.34. The van der Waals surface area contributed by atoms with Gasteiger partial charge in [0, 0.05) is 12.5 Å². The smallest absolute Gasteiger partial charge is 0.158 e. The van der Waals surface area contributed by atoms with Gasteiger partial charge in [-0.05, 0) is 6.42 Å². The van der Waals surface area contributed by atoms with E-state index in [0.29, 0.717) is 0 Å². The van der Waals surface area contributed by atoms with E-state index in [4.69, 9.17) is 0 Å². The van der Waals surface area contributed by atoms with Crippen LogP contribution in [0.5, 0.6) is 0 Å². The fourth-order valence-electron chi connectivity index (χ4n) is 1.22. The molecule has 68 valence electrons. The van der Waals surface area contributed by atoms with Crippen LogP contribution in [0.3, 0.4) is 0 Å². The lowest BCUT2D eigenvalue weighted by molar-refractivity contribution is 0.738. The van der Waals surface area contributed by atoms with Crippen LogP contribution in [0.4, 0.5) is 0 Å². The Kier molecular flexibility index (Phi) is 2.21. The van der Waals surface area contributed by atoms with E-state index < -0.39 is 0 Å². The maximum absolute atomic E-state index is 4.36. The van der Waals surface area contributed by atoms with Crippen LogP contribution in [0.2, 0.25) is 0 Å². The summed E-state index contributed by atoms with van der Waals surface area (Å²) in [5, 5.41) is 4.03.